The highest BCUT2D eigenvalue weighted by molar-refractivity contribution is 7.79. The number of hydrogen-bond acceptors (Lipinski definition) is 0. The summed E-state index contributed by atoms with van der Waals surface area (Å²) in [5.74, 6) is 0. The van der Waals surface area contributed by atoms with Crippen LogP contribution in [0.25, 0.3) is 0 Å². The predicted octanol–water partition coefficient (Wildman–Crippen LogP) is 6.61. The molecule has 2 unspecified atom stereocenters. The lowest BCUT2D eigenvalue weighted by Crippen LogP contribution is -2.35. The van der Waals surface area contributed by atoms with E-state index in [1.807, 2.05) is 0 Å². The van der Waals surface area contributed by atoms with Crippen LogP contribution in [0.3, 0.4) is 0 Å². The lowest BCUT2D eigenvalue weighted by Gasteiger charge is -2.53. The maximum Gasteiger partial charge on any atom is 0.0110 e. The van der Waals surface area contributed by atoms with Gasteiger partial charge in [0, 0.05) is 4.90 Å². The molecule has 0 spiro atoms. The molecule has 0 N–H and O–H groups in total. The van der Waals surface area contributed by atoms with Crippen LogP contribution >= 0.6 is 15.8 Å². The van der Waals surface area contributed by atoms with Gasteiger partial charge in [-0.15, -0.1) is 0 Å². The van der Waals surface area contributed by atoms with Crippen LogP contribution in [0.4, 0.5) is 0 Å². The lowest BCUT2D eigenvalue weighted by molar-refractivity contribution is 0.617. The molecule has 0 aromatic rings. The van der Waals surface area contributed by atoms with Gasteiger partial charge < -0.3 is 0 Å². The Morgan fingerprint density at radius 3 is 1.37 bits per heavy atom. The molecule has 2 aliphatic rings. The molecule has 2 saturated heterocycles. The third-order valence-corrected chi connectivity index (χ3v) is 15.6. The van der Waals surface area contributed by atoms with Gasteiger partial charge in [0.05, 0.1) is 0 Å². The van der Waals surface area contributed by atoms with Crippen molar-refractivity contribution in [3.8, 4) is 0 Å². The van der Waals surface area contributed by atoms with Crippen LogP contribution in [0.2, 0.25) is 0 Å². The molecule has 0 aromatic carbocycles. The fourth-order valence-corrected chi connectivity index (χ4v) is 15.9. The van der Waals surface area contributed by atoms with E-state index in [9.17, 15) is 0 Å². The van der Waals surface area contributed by atoms with E-state index in [-0.39, 0.29) is 15.8 Å². The Kier molecular flexibility index (Phi) is 4.76. The molecule has 2 rings (SSSR count). The van der Waals surface area contributed by atoms with E-state index in [4.69, 9.17) is 0 Å². The first kappa shape index (κ1) is 16.2. The summed E-state index contributed by atoms with van der Waals surface area (Å²) in [5.41, 5.74) is 0. The van der Waals surface area contributed by atoms with E-state index in [0.717, 1.165) is 4.90 Å². The molecule has 0 radical (unpaired) electrons. The van der Waals surface area contributed by atoms with Crippen LogP contribution in [0, 0.1) is 0 Å². The predicted molar refractivity (Wildman–Crippen MR) is 93.5 cm³/mol. The summed E-state index contributed by atoms with van der Waals surface area (Å²) in [6.07, 6.45) is 12.0. The van der Waals surface area contributed by atoms with Crippen LogP contribution in [-0.4, -0.2) is 27.5 Å². The molecule has 0 nitrogen and oxygen atoms in total. The third kappa shape index (κ3) is 2.66. The topological polar surface area (TPSA) is 0 Å². The van der Waals surface area contributed by atoms with Crippen LogP contribution in [0.15, 0.2) is 0 Å². The molecular weight excluding hydrogens is 266 g/mol. The SMILES string of the molecule is CCC(CC)(P1CCCC1(C)C)P1CCCC1(C)C. The Labute approximate surface area is 124 Å². The molecule has 2 aliphatic heterocycles. The van der Waals surface area contributed by atoms with Crippen LogP contribution < -0.4 is 0 Å². The van der Waals surface area contributed by atoms with Crippen molar-refractivity contribution >= 4 is 15.8 Å². The van der Waals surface area contributed by atoms with E-state index in [1.165, 1.54) is 38.5 Å². The lowest BCUT2D eigenvalue weighted by atomic mass is 10.1. The Morgan fingerprint density at radius 2 is 1.16 bits per heavy atom. The molecule has 2 heteroatoms. The standard InChI is InChI=1S/C17H34P2/c1-7-17(8-2,18-13-9-11-15(18,3)4)19-14-10-12-16(19,5)6/h7-14H2,1-6H3. The maximum atomic E-state index is 2.59. The zero-order valence-electron chi connectivity index (χ0n) is 14.1. The second-order valence-corrected chi connectivity index (χ2v) is 14.9. The molecule has 2 heterocycles. The average Bonchev–Trinajstić information content (AvgIpc) is 2.86. The summed E-state index contributed by atoms with van der Waals surface area (Å²) in [7, 11) is 0.446. The Bertz CT molecular complexity index is 287. The largest absolute Gasteiger partial charge is 0.0901 e. The molecule has 2 atom stereocenters. The highest BCUT2D eigenvalue weighted by atomic mass is 31.2. The fraction of sp³-hybridized carbons (Fsp3) is 1.00. The summed E-state index contributed by atoms with van der Waals surface area (Å²) in [4.78, 5) is 0.741. The molecule has 0 aliphatic carbocycles. The quantitative estimate of drug-likeness (QED) is 0.512. The zero-order chi connectivity index (χ0) is 14.3. The van der Waals surface area contributed by atoms with Crippen molar-refractivity contribution < 1.29 is 0 Å². The third-order valence-electron chi connectivity index (χ3n) is 5.94. The van der Waals surface area contributed by atoms with Gasteiger partial charge in [-0.1, -0.05) is 57.4 Å². The fourth-order valence-electron chi connectivity index (χ4n) is 4.92. The average molecular weight is 300 g/mol. The van der Waals surface area contributed by atoms with Gasteiger partial charge in [0.1, 0.15) is 0 Å². The summed E-state index contributed by atoms with van der Waals surface area (Å²) >= 11 is 0. The smallest absolute Gasteiger partial charge is 0.0110 e. The van der Waals surface area contributed by atoms with Crippen molar-refractivity contribution in [2.45, 2.75) is 95.3 Å². The Balaban J connectivity index is 2.37. The minimum absolute atomic E-state index is 0.223. The summed E-state index contributed by atoms with van der Waals surface area (Å²) in [6, 6.07) is 0. The van der Waals surface area contributed by atoms with E-state index in [0.29, 0.717) is 10.3 Å². The van der Waals surface area contributed by atoms with E-state index in [1.54, 1.807) is 12.3 Å². The number of hydrogen-bond donors (Lipinski definition) is 0. The first-order valence-electron chi connectivity index (χ1n) is 8.36. The first-order chi connectivity index (χ1) is 8.80. The molecule has 0 aromatic heterocycles. The number of rotatable bonds is 4. The molecule has 0 amide bonds. The zero-order valence-corrected chi connectivity index (χ0v) is 15.8. The maximum absolute atomic E-state index is 2.59. The second-order valence-electron chi connectivity index (χ2n) is 7.82. The Hall–Kier alpha value is 0.860. The van der Waals surface area contributed by atoms with Crippen molar-refractivity contribution in [2.75, 3.05) is 12.3 Å². The van der Waals surface area contributed by atoms with Crippen LogP contribution in [0.5, 0.6) is 0 Å². The van der Waals surface area contributed by atoms with Gasteiger partial charge >= 0.3 is 0 Å². The van der Waals surface area contributed by atoms with Gasteiger partial charge in [0.2, 0.25) is 0 Å². The molecule has 0 bridgehead atoms. The summed E-state index contributed by atoms with van der Waals surface area (Å²) in [5, 5.41) is 1.31. The van der Waals surface area contributed by atoms with Gasteiger partial charge in [-0.25, -0.2) is 0 Å². The van der Waals surface area contributed by atoms with Crippen molar-refractivity contribution in [1.82, 2.24) is 0 Å². The highest BCUT2D eigenvalue weighted by Gasteiger charge is 2.54. The minimum Gasteiger partial charge on any atom is -0.0901 e. The van der Waals surface area contributed by atoms with E-state index < -0.39 is 0 Å². The van der Waals surface area contributed by atoms with Gasteiger partial charge in [0.15, 0.2) is 0 Å². The van der Waals surface area contributed by atoms with Gasteiger partial charge in [0.25, 0.3) is 0 Å². The normalized spacial score (nSPS) is 33.8. The van der Waals surface area contributed by atoms with E-state index >= 15 is 0 Å². The molecule has 19 heavy (non-hydrogen) atoms. The van der Waals surface area contributed by atoms with E-state index in [2.05, 4.69) is 41.5 Å². The van der Waals surface area contributed by atoms with Gasteiger partial charge in [-0.3, -0.25) is 0 Å². The minimum atomic E-state index is 0.223. The second kappa shape index (κ2) is 5.57. The molecule has 112 valence electrons. The first-order valence-corrected chi connectivity index (χ1v) is 11.4. The highest BCUT2D eigenvalue weighted by Crippen LogP contribution is 2.82. The Morgan fingerprint density at radius 1 is 0.789 bits per heavy atom. The van der Waals surface area contributed by atoms with Crippen molar-refractivity contribution in [1.29, 1.82) is 0 Å². The van der Waals surface area contributed by atoms with Crippen molar-refractivity contribution in [2.24, 2.45) is 0 Å². The summed E-state index contributed by atoms with van der Waals surface area (Å²) < 4.78 is 0. The molecule has 0 saturated carbocycles. The summed E-state index contributed by atoms with van der Waals surface area (Å²) in [6.45, 7) is 15.4. The van der Waals surface area contributed by atoms with Gasteiger partial charge in [-0.2, -0.15) is 0 Å². The van der Waals surface area contributed by atoms with Crippen LogP contribution in [0.1, 0.15) is 80.1 Å². The molecule has 2 fully saturated rings. The van der Waals surface area contributed by atoms with Gasteiger partial charge in [-0.05, 0) is 61.2 Å². The molecular formula is C17H34P2. The monoisotopic (exact) mass is 300 g/mol. The van der Waals surface area contributed by atoms with Crippen LogP contribution in [-0.2, 0) is 0 Å². The van der Waals surface area contributed by atoms with Crippen molar-refractivity contribution in [3.05, 3.63) is 0 Å². The van der Waals surface area contributed by atoms with Crippen molar-refractivity contribution in [3.63, 3.8) is 0 Å².